The van der Waals surface area contributed by atoms with Gasteiger partial charge in [-0.05, 0) is 6.07 Å². The van der Waals surface area contributed by atoms with Gasteiger partial charge in [0.25, 0.3) is 0 Å². The van der Waals surface area contributed by atoms with E-state index in [4.69, 9.17) is 5.11 Å². The summed E-state index contributed by atoms with van der Waals surface area (Å²) in [7, 11) is 0. The first-order chi connectivity index (χ1) is 8.06. The van der Waals surface area contributed by atoms with Crippen molar-refractivity contribution in [3.8, 4) is 0 Å². The maximum atomic E-state index is 13.3. The van der Waals surface area contributed by atoms with Crippen molar-refractivity contribution >= 4 is 5.97 Å². The quantitative estimate of drug-likeness (QED) is 0.888. The van der Waals surface area contributed by atoms with Crippen LogP contribution in [0.15, 0.2) is 30.7 Å². The molecule has 1 heterocycles. The number of carbonyl (C=O) groups is 1. The van der Waals surface area contributed by atoms with Gasteiger partial charge >= 0.3 is 5.97 Å². The van der Waals surface area contributed by atoms with Gasteiger partial charge in [-0.3, -0.25) is 0 Å². The maximum absolute atomic E-state index is 13.3. The molecule has 6 heteroatoms. The number of rotatable bonds is 3. The van der Waals surface area contributed by atoms with Crippen LogP contribution in [0.1, 0.15) is 16.1 Å². The van der Waals surface area contributed by atoms with Crippen LogP contribution >= 0.6 is 0 Å². The monoisotopic (exact) mass is 238 g/mol. The minimum Gasteiger partial charge on any atom is -0.476 e. The molecule has 4 nitrogen and oxygen atoms in total. The SMILES string of the molecule is O=C(O)c1cn(Cc2ccc(F)cc2F)cn1. The van der Waals surface area contributed by atoms with Crippen LogP contribution < -0.4 is 0 Å². The Bertz CT molecular complexity index is 566. The van der Waals surface area contributed by atoms with Crippen LogP contribution in [0.2, 0.25) is 0 Å². The van der Waals surface area contributed by atoms with Crippen LogP contribution in [0.25, 0.3) is 0 Å². The number of benzene rings is 1. The minimum atomic E-state index is -1.15. The lowest BCUT2D eigenvalue weighted by molar-refractivity contribution is 0.0691. The first-order valence-corrected chi connectivity index (χ1v) is 4.75. The Hall–Kier alpha value is -2.24. The third-order valence-corrected chi connectivity index (χ3v) is 2.22. The molecule has 0 aliphatic rings. The topological polar surface area (TPSA) is 55.1 Å². The molecule has 1 aromatic heterocycles. The predicted octanol–water partition coefficient (Wildman–Crippen LogP) is 1.91. The van der Waals surface area contributed by atoms with E-state index in [9.17, 15) is 13.6 Å². The Morgan fingerprint density at radius 2 is 2.18 bits per heavy atom. The van der Waals surface area contributed by atoms with E-state index in [-0.39, 0.29) is 17.8 Å². The Morgan fingerprint density at radius 1 is 1.41 bits per heavy atom. The number of imidazole rings is 1. The van der Waals surface area contributed by atoms with Gasteiger partial charge in [0.15, 0.2) is 5.69 Å². The standard InChI is InChI=1S/C11H8F2N2O2/c12-8-2-1-7(9(13)3-8)4-15-5-10(11(16)17)14-6-15/h1-3,5-6H,4H2,(H,16,17). The summed E-state index contributed by atoms with van der Waals surface area (Å²) in [6, 6.07) is 3.24. The molecule has 0 fully saturated rings. The zero-order chi connectivity index (χ0) is 12.4. The van der Waals surface area contributed by atoms with Crippen LogP contribution in [-0.4, -0.2) is 20.6 Å². The highest BCUT2D eigenvalue weighted by Gasteiger charge is 2.08. The van der Waals surface area contributed by atoms with E-state index in [2.05, 4.69) is 4.98 Å². The van der Waals surface area contributed by atoms with Crippen molar-refractivity contribution in [3.05, 3.63) is 53.6 Å². The van der Waals surface area contributed by atoms with Crippen LogP contribution in [0.4, 0.5) is 8.78 Å². The molecule has 2 rings (SSSR count). The summed E-state index contributed by atoms with van der Waals surface area (Å²) in [4.78, 5) is 14.2. The Balaban J connectivity index is 2.22. The van der Waals surface area contributed by atoms with Crippen molar-refractivity contribution in [1.29, 1.82) is 0 Å². The lowest BCUT2D eigenvalue weighted by Crippen LogP contribution is -2.00. The van der Waals surface area contributed by atoms with Gasteiger partial charge in [0.2, 0.25) is 0 Å². The van der Waals surface area contributed by atoms with Gasteiger partial charge < -0.3 is 9.67 Å². The average molecular weight is 238 g/mol. The smallest absolute Gasteiger partial charge is 0.356 e. The van der Waals surface area contributed by atoms with Crippen molar-refractivity contribution in [2.24, 2.45) is 0 Å². The molecule has 88 valence electrons. The Labute approximate surface area is 95.1 Å². The molecule has 0 spiro atoms. The van der Waals surface area contributed by atoms with Crippen molar-refractivity contribution in [2.75, 3.05) is 0 Å². The highest BCUT2D eigenvalue weighted by molar-refractivity contribution is 5.84. The zero-order valence-corrected chi connectivity index (χ0v) is 8.60. The normalized spacial score (nSPS) is 10.5. The summed E-state index contributed by atoms with van der Waals surface area (Å²) in [5.41, 5.74) is 0.147. The second-order valence-corrected chi connectivity index (χ2v) is 3.47. The second kappa shape index (κ2) is 4.32. The molecule has 0 aliphatic carbocycles. The molecule has 0 aliphatic heterocycles. The van der Waals surface area contributed by atoms with Crippen LogP contribution in [0, 0.1) is 11.6 Å². The first-order valence-electron chi connectivity index (χ1n) is 4.75. The molecule has 17 heavy (non-hydrogen) atoms. The largest absolute Gasteiger partial charge is 0.476 e. The van der Waals surface area contributed by atoms with Gasteiger partial charge in [-0.2, -0.15) is 0 Å². The molecule has 0 saturated carbocycles. The average Bonchev–Trinajstić information content (AvgIpc) is 2.71. The number of halogens is 2. The van der Waals surface area contributed by atoms with E-state index in [1.807, 2.05) is 0 Å². The fraction of sp³-hybridized carbons (Fsp3) is 0.0909. The van der Waals surface area contributed by atoms with Gasteiger partial charge in [-0.1, -0.05) is 6.07 Å². The minimum absolute atomic E-state index is 0.104. The van der Waals surface area contributed by atoms with Crippen molar-refractivity contribution < 1.29 is 18.7 Å². The van der Waals surface area contributed by atoms with Gasteiger partial charge in [0, 0.05) is 17.8 Å². The summed E-state index contributed by atoms with van der Waals surface area (Å²) < 4.78 is 27.4. The summed E-state index contributed by atoms with van der Waals surface area (Å²) in [6.07, 6.45) is 2.57. The summed E-state index contributed by atoms with van der Waals surface area (Å²) >= 11 is 0. The first kappa shape index (κ1) is 11.3. The van der Waals surface area contributed by atoms with Crippen LogP contribution in [0.3, 0.4) is 0 Å². The number of nitrogens with zero attached hydrogens (tertiary/aromatic N) is 2. The number of hydrogen-bond donors (Lipinski definition) is 1. The number of carboxylic acid groups (broad SMARTS) is 1. The summed E-state index contributed by atoms with van der Waals surface area (Å²) in [5, 5.41) is 8.66. The van der Waals surface area contributed by atoms with E-state index in [0.717, 1.165) is 12.1 Å². The molecule has 0 radical (unpaired) electrons. The van der Waals surface area contributed by atoms with Crippen LogP contribution in [-0.2, 0) is 6.54 Å². The fourth-order valence-corrected chi connectivity index (χ4v) is 1.40. The zero-order valence-electron chi connectivity index (χ0n) is 8.60. The Morgan fingerprint density at radius 3 is 2.76 bits per heavy atom. The highest BCUT2D eigenvalue weighted by atomic mass is 19.1. The second-order valence-electron chi connectivity index (χ2n) is 3.47. The number of aromatic nitrogens is 2. The Kier molecular flexibility index (Phi) is 2.86. The predicted molar refractivity (Wildman–Crippen MR) is 54.6 cm³/mol. The third-order valence-electron chi connectivity index (χ3n) is 2.22. The molecule has 0 unspecified atom stereocenters. The van der Waals surface area contributed by atoms with E-state index in [1.54, 1.807) is 0 Å². The number of hydrogen-bond acceptors (Lipinski definition) is 2. The molecule has 1 aromatic carbocycles. The molecule has 2 aromatic rings. The van der Waals surface area contributed by atoms with Crippen molar-refractivity contribution in [1.82, 2.24) is 9.55 Å². The number of aromatic carboxylic acids is 1. The molecule has 0 saturated heterocycles. The highest BCUT2D eigenvalue weighted by Crippen LogP contribution is 2.11. The van der Waals surface area contributed by atoms with E-state index in [0.29, 0.717) is 0 Å². The summed E-state index contributed by atoms with van der Waals surface area (Å²) in [5.74, 6) is -2.47. The van der Waals surface area contributed by atoms with Gasteiger partial charge in [0.1, 0.15) is 11.6 Å². The van der Waals surface area contributed by atoms with Crippen molar-refractivity contribution in [2.45, 2.75) is 6.54 Å². The van der Waals surface area contributed by atoms with Gasteiger partial charge in [-0.15, -0.1) is 0 Å². The lowest BCUT2D eigenvalue weighted by atomic mass is 10.2. The third kappa shape index (κ3) is 2.47. The van der Waals surface area contributed by atoms with E-state index >= 15 is 0 Å². The molecular weight excluding hydrogens is 230 g/mol. The fourth-order valence-electron chi connectivity index (χ4n) is 1.40. The molecular formula is C11H8F2N2O2. The van der Waals surface area contributed by atoms with E-state index in [1.165, 1.54) is 23.2 Å². The van der Waals surface area contributed by atoms with Gasteiger partial charge in [0.05, 0.1) is 12.9 Å². The van der Waals surface area contributed by atoms with Crippen LogP contribution in [0.5, 0.6) is 0 Å². The summed E-state index contributed by atoms with van der Waals surface area (Å²) in [6.45, 7) is 0.104. The molecule has 0 amide bonds. The lowest BCUT2D eigenvalue weighted by Gasteiger charge is -2.03. The van der Waals surface area contributed by atoms with Gasteiger partial charge in [-0.25, -0.2) is 18.6 Å². The maximum Gasteiger partial charge on any atom is 0.356 e. The van der Waals surface area contributed by atoms with Crippen molar-refractivity contribution in [3.63, 3.8) is 0 Å². The molecule has 0 bridgehead atoms. The number of carboxylic acids is 1. The molecule has 0 atom stereocenters. The molecule has 1 N–H and O–H groups in total. The van der Waals surface area contributed by atoms with E-state index < -0.39 is 17.6 Å².